The van der Waals surface area contributed by atoms with Crippen molar-refractivity contribution in [1.29, 1.82) is 0 Å². The van der Waals surface area contributed by atoms with E-state index in [1.165, 1.54) is 24.0 Å². The lowest BCUT2D eigenvalue weighted by Crippen LogP contribution is -2.40. The molecule has 1 fully saturated rings. The zero-order valence-electron chi connectivity index (χ0n) is 12.3. The van der Waals surface area contributed by atoms with Crippen LogP contribution in [0, 0.1) is 6.92 Å². The van der Waals surface area contributed by atoms with Gasteiger partial charge >= 0.3 is 0 Å². The van der Waals surface area contributed by atoms with E-state index in [1.54, 1.807) is 0 Å². The highest BCUT2D eigenvalue weighted by Gasteiger charge is 2.25. The molecule has 110 valence electrons. The minimum absolute atomic E-state index is 0.262. The Labute approximate surface area is 127 Å². The van der Waals surface area contributed by atoms with Crippen LogP contribution >= 0.6 is 11.6 Å². The molecule has 0 saturated heterocycles. The summed E-state index contributed by atoms with van der Waals surface area (Å²) in [4.78, 5) is 14.4. The predicted octanol–water partition coefficient (Wildman–Crippen LogP) is 3.94. The van der Waals surface area contributed by atoms with Crippen molar-refractivity contribution < 1.29 is 4.79 Å². The van der Waals surface area contributed by atoms with Crippen molar-refractivity contribution in [3.05, 3.63) is 35.4 Å². The van der Waals surface area contributed by atoms with E-state index in [0.29, 0.717) is 24.9 Å². The van der Waals surface area contributed by atoms with Gasteiger partial charge in [0.15, 0.2) is 0 Å². The quantitative estimate of drug-likeness (QED) is 0.728. The maximum atomic E-state index is 12.4. The van der Waals surface area contributed by atoms with Gasteiger partial charge in [0.1, 0.15) is 0 Å². The molecule has 0 heterocycles. The van der Waals surface area contributed by atoms with Crippen LogP contribution in [0.15, 0.2) is 24.3 Å². The fourth-order valence-corrected chi connectivity index (χ4v) is 3.15. The summed E-state index contributed by atoms with van der Waals surface area (Å²) in [6.45, 7) is 2.77. The molecule has 1 aliphatic rings. The number of hydrogen-bond acceptors (Lipinski definition) is 1. The third-order valence-electron chi connectivity index (χ3n) is 4.16. The van der Waals surface area contributed by atoms with Crippen molar-refractivity contribution in [1.82, 2.24) is 4.90 Å². The van der Waals surface area contributed by atoms with E-state index >= 15 is 0 Å². The Morgan fingerprint density at radius 3 is 2.50 bits per heavy atom. The molecule has 1 amide bonds. The Bertz CT molecular complexity index is 423. The Morgan fingerprint density at radius 1 is 1.25 bits per heavy atom. The summed E-state index contributed by atoms with van der Waals surface area (Å²) in [5, 5.41) is 0. The van der Waals surface area contributed by atoms with Crippen LogP contribution in [0.1, 0.15) is 43.2 Å². The van der Waals surface area contributed by atoms with Gasteiger partial charge in [-0.05, 0) is 31.7 Å². The summed E-state index contributed by atoms with van der Waals surface area (Å²) in [5.74, 6) is 0.797. The van der Waals surface area contributed by atoms with E-state index in [-0.39, 0.29) is 5.91 Å². The normalized spacial score (nSPS) is 15.5. The smallest absolute Gasteiger partial charge is 0.223 e. The fraction of sp³-hybridized carbons (Fsp3) is 0.588. The molecule has 1 saturated carbocycles. The van der Waals surface area contributed by atoms with Crippen molar-refractivity contribution in [3.63, 3.8) is 0 Å². The van der Waals surface area contributed by atoms with Crippen molar-refractivity contribution in [3.8, 4) is 0 Å². The highest BCUT2D eigenvalue weighted by molar-refractivity contribution is 6.18. The summed E-state index contributed by atoms with van der Waals surface area (Å²) >= 11 is 5.86. The second-order valence-corrected chi connectivity index (χ2v) is 6.08. The van der Waals surface area contributed by atoms with Crippen LogP contribution in [0.2, 0.25) is 0 Å². The number of benzene rings is 1. The van der Waals surface area contributed by atoms with Gasteiger partial charge in [0.25, 0.3) is 0 Å². The van der Waals surface area contributed by atoms with Crippen LogP contribution in [0.25, 0.3) is 0 Å². The van der Waals surface area contributed by atoms with Gasteiger partial charge in [-0.15, -0.1) is 11.6 Å². The topological polar surface area (TPSA) is 20.3 Å². The SMILES string of the molecule is Cc1ccc(CCC(=O)N(CCCl)C2CCCC2)cc1. The molecule has 2 rings (SSSR count). The molecule has 0 atom stereocenters. The van der Waals surface area contributed by atoms with Gasteiger partial charge in [-0.2, -0.15) is 0 Å². The van der Waals surface area contributed by atoms with Gasteiger partial charge in [0.2, 0.25) is 5.91 Å². The molecule has 3 heteroatoms. The van der Waals surface area contributed by atoms with Crippen molar-refractivity contribution in [2.75, 3.05) is 12.4 Å². The van der Waals surface area contributed by atoms with E-state index in [4.69, 9.17) is 11.6 Å². The van der Waals surface area contributed by atoms with E-state index in [2.05, 4.69) is 31.2 Å². The number of hydrogen-bond donors (Lipinski definition) is 0. The molecule has 1 aliphatic carbocycles. The molecule has 1 aromatic rings. The molecule has 0 bridgehead atoms. The van der Waals surface area contributed by atoms with Crippen molar-refractivity contribution in [2.24, 2.45) is 0 Å². The molecule has 0 aromatic heterocycles. The Kier molecular flexibility index (Phi) is 5.90. The third kappa shape index (κ3) is 4.24. The summed E-state index contributed by atoms with van der Waals surface area (Å²) in [6.07, 6.45) is 6.20. The summed E-state index contributed by atoms with van der Waals surface area (Å²) in [5.41, 5.74) is 2.50. The molecule has 0 aliphatic heterocycles. The van der Waals surface area contributed by atoms with Gasteiger partial charge in [-0.3, -0.25) is 4.79 Å². The van der Waals surface area contributed by atoms with Gasteiger partial charge in [0, 0.05) is 24.9 Å². The van der Waals surface area contributed by atoms with Gasteiger partial charge in [-0.25, -0.2) is 0 Å². The van der Waals surface area contributed by atoms with Crippen LogP contribution in [0.4, 0.5) is 0 Å². The van der Waals surface area contributed by atoms with Crippen molar-refractivity contribution in [2.45, 2.75) is 51.5 Å². The van der Waals surface area contributed by atoms with Crippen molar-refractivity contribution >= 4 is 17.5 Å². The molecular formula is C17H24ClNO. The maximum Gasteiger partial charge on any atom is 0.223 e. The molecule has 1 aromatic carbocycles. The zero-order valence-corrected chi connectivity index (χ0v) is 13.0. The molecular weight excluding hydrogens is 270 g/mol. The molecule has 0 spiro atoms. The first-order valence-corrected chi connectivity index (χ1v) is 8.15. The second-order valence-electron chi connectivity index (χ2n) is 5.70. The molecule has 0 N–H and O–H groups in total. The fourth-order valence-electron chi connectivity index (χ4n) is 2.97. The van der Waals surface area contributed by atoms with E-state index in [0.717, 1.165) is 19.3 Å². The number of carbonyl (C=O) groups is 1. The van der Waals surface area contributed by atoms with Gasteiger partial charge in [0.05, 0.1) is 0 Å². The first kappa shape index (κ1) is 15.4. The Morgan fingerprint density at radius 2 is 1.90 bits per heavy atom. The number of nitrogens with zero attached hydrogens (tertiary/aromatic N) is 1. The number of halogens is 1. The maximum absolute atomic E-state index is 12.4. The molecule has 20 heavy (non-hydrogen) atoms. The first-order valence-electron chi connectivity index (χ1n) is 7.61. The highest BCUT2D eigenvalue weighted by Crippen LogP contribution is 2.24. The molecule has 2 nitrogen and oxygen atoms in total. The van der Waals surface area contributed by atoms with Crippen LogP contribution in [0.3, 0.4) is 0 Å². The second kappa shape index (κ2) is 7.68. The number of alkyl halides is 1. The lowest BCUT2D eigenvalue weighted by atomic mass is 10.1. The van der Waals surface area contributed by atoms with Crippen LogP contribution in [-0.2, 0) is 11.2 Å². The number of aryl methyl sites for hydroxylation is 2. The zero-order chi connectivity index (χ0) is 14.4. The number of amides is 1. The average molecular weight is 294 g/mol. The van der Waals surface area contributed by atoms with Crippen LogP contribution < -0.4 is 0 Å². The summed E-state index contributed by atoms with van der Waals surface area (Å²) < 4.78 is 0. The molecule has 0 radical (unpaired) electrons. The average Bonchev–Trinajstić information content (AvgIpc) is 2.97. The summed E-state index contributed by atoms with van der Waals surface area (Å²) in [7, 11) is 0. The van der Waals surface area contributed by atoms with Crippen LogP contribution in [0.5, 0.6) is 0 Å². The monoisotopic (exact) mass is 293 g/mol. The molecule has 0 unspecified atom stereocenters. The van der Waals surface area contributed by atoms with Gasteiger partial charge < -0.3 is 4.90 Å². The van der Waals surface area contributed by atoms with E-state index in [1.807, 2.05) is 4.90 Å². The van der Waals surface area contributed by atoms with Crippen LogP contribution in [-0.4, -0.2) is 29.3 Å². The lowest BCUT2D eigenvalue weighted by molar-refractivity contribution is -0.133. The minimum atomic E-state index is 0.262. The lowest BCUT2D eigenvalue weighted by Gasteiger charge is -2.28. The van der Waals surface area contributed by atoms with E-state index < -0.39 is 0 Å². The summed E-state index contributed by atoms with van der Waals surface area (Å²) in [6, 6.07) is 8.87. The number of carbonyl (C=O) groups excluding carboxylic acids is 1. The van der Waals surface area contributed by atoms with Gasteiger partial charge in [-0.1, -0.05) is 42.7 Å². The minimum Gasteiger partial charge on any atom is -0.339 e. The number of rotatable bonds is 6. The largest absolute Gasteiger partial charge is 0.339 e. The third-order valence-corrected chi connectivity index (χ3v) is 4.33. The van der Waals surface area contributed by atoms with E-state index in [9.17, 15) is 4.79 Å². The standard InChI is InChI=1S/C17H24ClNO/c1-14-6-8-15(9-7-14)10-11-17(20)19(13-12-18)16-4-2-3-5-16/h6-9,16H,2-5,10-13H2,1H3. The Hall–Kier alpha value is -1.02. The predicted molar refractivity (Wildman–Crippen MR) is 84.2 cm³/mol. The first-order chi connectivity index (χ1) is 9.70. The Balaban J connectivity index is 1.89. The highest BCUT2D eigenvalue weighted by atomic mass is 35.5.